The van der Waals surface area contributed by atoms with Crippen LogP contribution in [0, 0.1) is 20.8 Å². The molecule has 7 heterocycles. The van der Waals surface area contributed by atoms with Gasteiger partial charge < -0.3 is 25.0 Å². The predicted octanol–water partition coefficient (Wildman–Crippen LogP) is 8.38. The fourth-order valence-electron chi connectivity index (χ4n) is 8.76. The second-order valence-electron chi connectivity index (χ2n) is 16.7. The van der Waals surface area contributed by atoms with Gasteiger partial charge in [-0.05, 0) is 82.1 Å². The lowest BCUT2D eigenvalue weighted by atomic mass is 9.99. The molecule has 19 heteroatoms. The highest BCUT2D eigenvalue weighted by molar-refractivity contribution is 7.15. The number of carboxylic acid groups (broad SMARTS) is 1. The lowest BCUT2D eigenvalue weighted by molar-refractivity contribution is -0.121. The van der Waals surface area contributed by atoms with E-state index in [0.29, 0.717) is 49.5 Å². The zero-order valence-electron chi connectivity index (χ0n) is 37.1. The van der Waals surface area contributed by atoms with Gasteiger partial charge in [-0.15, -0.1) is 26.6 Å². The maximum Gasteiger partial charge on any atom is 0.337 e. The van der Waals surface area contributed by atoms with Crippen molar-refractivity contribution in [2.75, 3.05) is 44.7 Å². The number of ether oxygens (including phenoxy) is 1. The van der Waals surface area contributed by atoms with Crippen LogP contribution in [0.25, 0.3) is 27.0 Å². The molecule has 3 N–H and O–H groups in total. The Hall–Kier alpha value is -6.14. The SMILES string of the molecule is COc1nc(N2CCN(CCCCCCn3cc(CNC(=O)C[C@@H]4N=C(c5ccc(Cl)cc5)c5c(sc(C)c5C)-n5c(C)nnc54)nn3)CC2)ccc1-c1cc2c(C(=O)O)c[nH]c2cc1Cl. The van der Waals surface area contributed by atoms with E-state index in [1.54, 1.807) is 30.6 Å². The summed E-state index contributed by atoms with van der Waals surface area (Å²) < 4.78 is 9.61. The maximum atomic E-state index is 13.5. The number of nitrogens with one attached hydrogen (secondary N) is 2. The molecule has 7 aromatic rings. The van der Waals surface area contributed by atoms with Crippen molar-refractivity contribution in [2.24, 2.45) is 4.99 Å². The van der Waals surface area contributed by atoms with Crippen LogP contribution in [0.3, 0.4) is 0 Å². The van der Waals surface area contributed by atoms with Gasteiger partial charge in [0.1, 0.15) is 28.4 Å². The minimum atomic E-state index is -1.01. The molecule has 1 amide bonds. The fraction of sp³-hybridized carbons (Fsp3) is 0.362. The number of thiophene rings is 1. The number of H-pyrrole nitrogens is 1. The molecule has 0 spiro atoms. The number of piperazine rings is 1. The summed E-state index contributed by atoms with van der Waals surface area (Å²) in [5, 5.41) is 32.9. The third kappa shape index (κ3) is 9.30. The van der Waals surface area contributed by atoms with E-state index in [0.717, 1.165) is 104 Å². The van der Waals surface area contributed by atoms with E-state index in [1.165, 1.54) is 11.1 Å². The molecule has 2 aliphatic rings. The summed E-state index contributed by atoms with van der Waals surface area (Å²) >= 11 is 14.6. The Morgan fingerprint density at radius 3 is 2.47 bits per heavy atom. The first kappa shape index (κ1) is 45.0. The zero-order chi connectivity index (χ0) is 46.1. The number of hydrogen-bond acceptors (Lipinski definition) is 12. The van der Waals surface area contributed by atoms with Crippen LogP contribution in [-0.2, 0) is 17.9 Å². The average molecular weight is 950 g/mol. The molecule has 342 valence electrons. The number of aromatic amines is 1. The highest BCUT2D eigenvalue weighted by Gasteiger charge is 2.32. The van der Waals surface area contributed by atoms with Gasteiger partial charge >= 0.3 is 5.97 Å². The number of aliphatic imine (C=N–C) groups is 1. The second-order valence-corrected chi connectivity index (χ2v) is 18.8. The van der Waals surface area contributed by atoms with Crippen molar-refractivity contribution in [1.29, 1.82) is 0 Å². The minimum Gasteiger partial charge on any atom is -0.480 e. The molecule has 0 aliphatic carbocycles. The van der Waals surface area contributed by atoms with E-state index >= 15 is 0 Å². The number of aromatic nitrogens is 8. The van der Waals surface area contributed by atoms with E-state index in [1.807, 2.05) is 58.8 Å². The van der Waals surface area contributed by atoms with E-state index in [2.05, 4.69) is 54.5 Å². The van der Waals surface area contributed by atoms with Crippen LogP contribution >= 0.6 is 34.5 Å². The molecule has 2 aliphatic heterocycles. The highest BCUT2D eigenvalue weighted by atomic mass is 35.5. The number of halogens is 2. The normalized spacial score (nSPS) is 15.1. The predicted molar refractivity (Wildman–Crippen MR) is 257 cm³/mol. The van der Waals surface area contributed by atoms with Gasteiger partial charge in [0.2, 0.25) is 11.8 Å². The Morgan fingerprint density at radius 1 is 0.939 bits per heavy atom. The lowest BCUT2D eigenvalue weighted by Gasteiger charge is -2.35. The second kappa shape index (κ2) is 19.4. The quantitative estimate of drug-likeness (QED) is 0.0791. The van der Waals surface area contributed by atoms with Crippen LogP contribution in [0.2, 0.25) is 10.0 Å². The van der Waals surface area contributed by atoms with Crippen LogP contribution in [-0.4, -0.2) is 107 Å². The highest BCUT2D eigenvalue weighted by Crippen LogP contribution is 2.41. The zero-order valence-corrected chi connectivity index (χ0v) is 39.5. The number of nitrogens with zero attached hydrogens (tertiary/aromatic N) is 10. The number of hydrogen-bond donors (Lipinski definition) is 3. The number of methoxy groups -OCH3 is 1. The van der Waals surface area contributed by atoms with Crippen molar-refractivity contribution in [3.05, 3.63) is 115 Å². The number of fused-ring (bicyclic) bond motifs is 4. The first-order valence-corrected chi connectivity index (χ1v) is 23.6. The molecule has 0 unspecified atom stereocenters. The molecule has 9 rings (SSSR count). The number of carbonyl (C=O) groups is 2. The van der Waals surface area contributed by atoms with Crippen molar-refractivity contribution in [3.63, 3.8) is 0 Å². The van der Waals surface area contributed by atoms with Gasteiger partial charge in [-0.1, -0.05) is 53.4 Å². The van der Waals surface area contributed by atoms with Crippen molar-refractivity contribution in [2.45, 2.75) is 72.0 Å². The summed E-state index contributed by atoms with van der Waals surface area (Å²) in [5.74, 6) is 1.47. The number of amides is 1. The molecule has 2 aromatic carbocycles. The standard InChI is InChI=1S/C47H50Cl2N12O4S/c1-27-28(2)66-46-42(27)43(30-9-11-31(48)12-10-30)52-39(44-56-54-29(3)61(44)46)23-41(62)51-24-32-26-60(57-55-32)16-8-6-5-7-15-58-17-19-59(20-18-58)40-14-13-33(45(53-40)65-4)34-21-35-36(47(63)64)25-50-38(35)22-37(34)49/h9-14,21-22,25-26,39,50H,5-8,15-20,23-24H2,1-4H3,(H,51,62)(H,63,64)/t39-/m0/s1. The number of unbranched alkanes of at least 4 members (excludes halogenated alkanes) is 3. The van der Waals surface area contributed by atoms with Crippen LogP contribution < -0.4 is 15.0 Å². The van der Waals surface area contributed by atoms with Gasteiger partial charge in [-0.3, -0.25) is 23.9 Å². The first-order valence-electron chi connectivity index (χ1n) is 22.0. The molecule has 1 saturated heterocycles. The third-order valence-electron chi connectivity index (χ3n) is 12.4. The number of pyridine rings is 1. The summed E-state index contributed by atoms with van der Waals surface area (Å²) in [6.07, 6.45) is 7.76. The lowest BCUT2D eigenvalue weighted by Crippen LogP contribution is -2.46. The smallest absolute Gasteiger partial charge is 0.337 e. The van der Waals surface area contributed by atoms with Gasteiger partial charge in [-0.2, -0.15) is 4.98 Å². The van der Waals surface area contributed by atoms with E-state index < -0.39 is 12.0 Å². The summed E-state index contributed by atoms with van der Waals surface area (Å²) in [7, 11) is 1.58. The number of aryl methyl sites for hydroxylation is 3. The van der Waals surface area contributed by atoms with Gasteiger partial charge in [0.05, 0.1) is 42.6 Å². The van der Waals surface area contributed by atoms with Crippen LogP contribution in [0.1, 0.15) is 87.4 Å². The van der Waals surface area contributed by atoms with Crippen molar-refractivity contribution in [3.8, 4) is 22.0 Å². The van der Waals surface area contributed by atoms with Crippen molar-refractivity contribution < 1.29 is 19.4 Å². The Kier molecular flexibility index (Phi) is 13.2. The Balaban J connectivity index is 0.718. The molecule has 5 aromatic heterocycles. The van der Waals surface area contributed by atoms with Crippen molar-refractivity contribution in [1.82, 2.24) is 49.9 Å². The molecular weight excluding hydrogens is 900 g/mol. The summed E-state index contributed by atoms with van der Waals surface area (Å²) in [6, 6.07) is 14.5. The molecule has 0 bridgehead atoms. The molecule has 1 fully saturated rings. The maximum absolute atomic E-state index is 13.5. The number of carbonyl (C=O) groups excluding carboxylic acids is 1. The first-order chi connectivity index (χ1) is 31.9. The Bertz CT molecular complexity index is 2950. The topological polar surface area (TPSA) is 185 Å². The number of carboxylic acids is 1. The largest absolute Gasteiger partial charge is 0.480 e. The van der Waals surface area contributed by atoms with Gasteiger partial charge in [0.15, 0.2) is 5.82 Å². The van der Waals surface area contributed by atoms with Crippen LogP contribution in [0.4, 0.5) is 5.82 Å². The Morgan fingerprint density at radius 2 is 1.71 bits per heavy atom. The monoisotopic (exact) mass is 948 g/mol. The summed E-state index contributed by atoms with van der Waals surface area (Å²) in [6.45, 7) is 11.8. The number of benzene rings is 2. The van der Waals surface area contributed by atoms with Crippen LogP contribution in [0.5, 0.6) is 5.88 Å². The van der Waals surface area contributed by atoms with Crippen molar-refractivity contribution >= 4 is 68.8 Å². The molecular formula is C47H50Cl2N12O4S. The minimum absolute atomic E-state index is 0.0933. The van der Waals surface area contributed by atoms with Crippen LogP contribution in [0.15, 0.2) is 65.9 Å². The summed E-state index contributed by atoms with van der Waals surface area (Å²) in [4.78, 5) is 44.2. The average Bonchev–Trinajstić information content (AvgIpc) is 4.09. The third-order valence-corrected chi connectivity index (χ3v) is 14.2. The van der Waals surface area contributed by atoms with E-state index in [4.69, 9.17) is 37.9 Å². The van der Waals surface area contributed by atoms with Gasteiger partial charge in [0.25, 0.3) is 0 Å². The number of anilines is 1. The molecule has 0 saturated carbocycles. The van der Waals surface area contributed by atoms with Gasteiger partial charge in [0, 0.05) is 82.0 Å². The summed E-state index contributed by atoms with van der Waals surface area (Å²) in [5.41, 5.74) is 6.78. The number of rotatable bonds is 16. The Labute approximate surface area is 395 Å². The van der Waals surface area contributed by atoms with Gasteiger partial charge in [-0.25, -0.2) is 4.79 Å². The molecule has 1 atom stereocenters. The molecule has 16 nitrogen and oxygen atoms in total. The van der Waals surface area contributed by atoms with E-state index in [-0.39, 0.29) is 24.4 Å². The molecule has 66 heavy (non-hydrogen) atoms. The van der Waals surface area contributed by atoms with E-state index in [9.17, 15) is 14.7 Å². The fourth-order valence-corrected chi connectivity index (χ4v) is 10.4. The number of aromatic carboxylic acids is 1. The molecule has 0 radical (unpaired) electrons.